The van der Waals surface area contributed by atoms with Crippen LogP contribution in [0.15, 0.2) is 24.3 Å². The van der Waals surface area contributed by atoms with Crippen LogP contribution in [0.2, 0.25) is 0 Å². The maximum Gasteiger partial charge on any atom is 0.166 e. The first-order chi connectivity index (χ1) is 8.36. The molecule has 1 heterocycles. The van der Waals surface area contributed by atoms with Gasteiger partial charge in [0.1, 0.15) is 25.4 Å². The van der Waals surface area contributed by atoms with Crippen molar-refractivity contribution in [2.45, 2.75) is 6.04 Å². The second kappa shape index (κ2) is 6.00. The van der Waals surface area contributed by atoms with E-state index >= 15 is 0 Å². The number of methoxy groups -OCH3 is 1. The molecule has 4 nitrogen and oxygen atoms in total. The number of benzene rings is 1. The highest BCUT2D eigenvalue weighted by molar-refractivity contribution is 5.34. The molecule has 0 spiro atoms. The van der Waals surface area contributed by atoms with Gasteiger partial charge in [0.2, 0.25) is 0 Å². The summed E-state index contributed by atoms with van der Waals surface area (Å²) in [6.07, 6.45) is 0. The minimum absolute atomic E-state index is 0.412. The number of hydrogen-bond acceptors (Lipinski definition) is 2. The van der Waals surface area contributed by atoms with Crippen molar-refractivity contribution in [3.05, 3.63) is 29.8 Å². The molecule has 4 N–H and O–H groups in total. The molecular weight excluding hydrogens is 216 g/mol. The summed E-state index contributed by atoms with van der Waals surface area (Å²) in [5, 5.41) is 0. The smallest absolute Gasteiger partial charge is 0.166 e. The number of rotatable bonds is 4. The topological polar surface area (TPSA) is 50.5 Å². The van der Waals surface area contributed by atoms with Gasteiger partial charge in [-0.15, -0.1) is 0 Å². The second-order valence-electron chi connectivity index (χ2n) is 4.35. The fourth-order valence-corrected chi connectivity index (χ4v) is 2.52. The number of ether oxygens (including phenoxy) is 2. The van der Waals surface area contributed by atoms with Gasteiger partial charge in [0.15, 0.2) is 6.04 Å². The van der Waals surface area contributed by atoms with E-state index in [-0.39, 0.29) is 0 Å². The predicted octanol–water partition coefficient (Wildman–Crippen LogP) is -1.11. The van der Waals surface area contributed by atoms with Crippen molar-refractivity contribution in [2.75, 3.05) is 40.0 Å². The van der Waals surface area contributed by atoms with Crippen molar-refractivity contribution in [3.63, 3.8) is 0 Å². The lowest BCUT2D eigenvalue weighted by atomic mass is 10.0. The molecule has 1 atom stereocenters. The van der Waals surface area contributed by atoms with Crippen molar-refractivity contribution >= 4 is 0 Å². The fraction of sp³-hybridized carbons (Fsp3) is 0.538. The van der Waals surface area contributed by atoms with Crippen LogP contribution in [0.5, 0.6) is 5.75 Å². The summed E-state index contributed by atoms with van der Waals surface area (Å²) in [5.74, 6) is 0.972. The third-order valence-electron chi connectivity index (χ3n) is 3.43. The van der Waals surface area contributed by atoms with E-state index in [1.54, 1.807) is 12.0 Å². The Morgan fingerprint density at radius 2 is 2.06 bits per heavy atom. The van der Waals surface area contributed by atoms with Crippen LogP contribution in [0.4, 0.5) is 0 Å². The third kappa shape index (κ3) is 2.77. The largest absolute Gasteiger partial charge is 0.496 e. The summed E-state index contributed by atoms with van der Waals surface area (Å²) < 4.78 is 10.9. The number of quaternary nitrogens is 2. The molecule has 2 rings (SSSR count). The summed E-state index contributed by atoms with van der Waals surface area (Å²) in [6.45, 7) is 4.69. The maximum atomic E-state index is 5.45. The van der Waals surface area contributed by atoms with Crippen LogP contribution < -0.4 is 15.4 Å². The average Bonchev–Trinajstić information content (AvgIpc) is 2.41. The van der Waals surface area contributed by atoms with E-state index in [4.69, 9.17) is 9.47 Å². The van der Waals surface area contributed by atoms with E-state index < -0.39 is 0 Å². The molecule has 1 aromatic carbocycles. The lowest BCUT2D eigenvalue weighted by Crippen LogP contribution is -3.15. The predicted molar refractivity (Wildman–Crippen MR) is 65.0 cm³/mol. The SMILES string of the molecule is COc1ccccc1[C@@H](C[NH3+])[NH+]1CCOCC1. The number of para-hydroxylation sites is 1. The standard InChI is InChI=1S/C13H20N2O2/c1-16-13-5-3-2-4-11(13)12(10-14)15-6-8-17-9-7-15/h2-5,12H,6-10,14H2,1H3/p+2/t12-/m1/s1. The quantitative estimate of drug-likeness (QED) is 0.699. The normalized spacial score (nSPS) is 18.9. The van der Waals surface area contributed by atoms with E-state index in [1.165, 1.54) is 5.56 Å². The zero-order valence-electron chi connectivity index (χ0n) is 10.4. The van der Waals surface area contributed by atoms with Gasteiger partial charge in [0.05, 0.1) is 25.9 Å². The highest BCUT2D eigenvalue weighted by atomic mass is 16.5. The van der Waals surface area contributed by atoms with E-state index in [0.717, 1.165) is 38.6 Å². The van der Waals surface area contributed by atoms with Gasteiger partial charge in [-0.25, -0.2) is 0 Å². The van der Waals surface area contributed by atoms with Crippen molar-refractivity contribution in [1.29, 1.82) is 0 Å². The molecule has 0 radical (unpaired) electrons. The second-order valence-corrected chi connectivity index (χ2v) is 4.35. The summed E-state index contributed by atoms with van der Waals surface area (Å²) in [5.41, 5.74) is 5.36. The van der Waals surface area contributed by atoms with Gasteiger partial charge < -0.3 is 20.1 Å². The number of hydrogen-bond donors (Lipinski definition) is 2. The van der Waals surface area contributed by atoms with E-state index in [1.807, 2.05) is 12.1 Å². The van der Waals surface area contributed by atoms with Crippen LogP contribution in [-0.2, 0) is 4.74 Å². The van der Waals surface area contributed by atoms with Gasteiger partial charge >= 0.3 is 0 Å². The third-order valence-corrected chi connectivity index (χ3v) is 3.43. The lowest BCUT2D eigenvalue weighted by molar-refractivity contribution is -0.944. The molecule has 17 heavy (non-hydrogen) atoms. The Kier molecular flexibility index (Phi) is 4.36. The molecule has 1 aliphatic heterocycles. The van der Waals surface area contributed by atoms with Crippen molar-refractivity contribution in [3.8, 4) is 5.75 Å². The molecule has 1 fully saturated rings. The molecule has 0 unspecified atom stereocenters. The van der Waals surface area contributed by atoms with Crippen LogP contribution in [0.25, 0.3) is 0 Å². The summed E-state index contributed by atoms with van der Waals surface area (Å²) >= 11 is 0. The van der Waals surface area contributed by atoms with Crippen molar-refractivity contribution in [1.82, 2.24) is 0 Å². The van der Waals surface area contributed by atoms with Crippen LogP contribution in [0, 0.1) is 0 Å². The Hall–Kier alpha value is -1.10. The molecule has 94 valence electrons. The minimum Gasteiger partial charge on any atom is -0.496 e. The number of nitrogens with one attached hydrogen (secondary N) is 1. The van der Waals surface area contributed by atoms with Crippen LogP contribution >= 0.6 is 0 Å². The highest BCUT2D eigenvalue weighted by Crippen LogP contribution is 2.22. The van der Waals surface area contributed by atoms with Crippen LogP contribution in [-0.4, -0.2) is 40.0 Å². The van der Waals surface area contributed by atoms with Gasteiger partial charge in [-0.3, -0.25) is 0 Å². The molecule has 1 aliphatic rings. The van der Waals surface area contributed by atoms with Gasteiger partial charge in [-0.1, -0.05) is 12.1 Å². The molecule has 0 saturated carbocycles. The van der Waals surface area contributed by atoms with Crippen LogP contribution in [0.3, 0.4) is 0 Å². The molecule has 0 amide bonds. The Morgan fingerprint density at radius 3 is 2.71 bits per heavy atom. The average molecular weight is 238 g/mol. The van der Waals surface area contributed by atoms with Gasteiger partial charge in [0.25, 0.3) is 0 Å². The molecule has 0 aromatic heterocycles. The number of morpholine rings is 1. The Balaban J connectivity index is 2.21. The van der Waals surface area contributed by atoms with Crippen LogP contribution in [0.1, 0.15) is 11.6 Å². The highest BCUT2D eigenvalue weighted by Gasteiger charge is 2.28. The Labute approximate surface area is 102 Å². The van der Waals surface area contributed by atoms with E-state index in [0.29, 0.717) is 6.04 Å². The van der Waals surface area contributed by atoms with Gasteiger partial charge in [-0.05, 0) is 12.1 Å². The zero-order chi connectivity index (χ0) is 12.1. The molecule has 1 aromatic rings. The lowest BCUT2D eigenvalue weighted by Gasteiger charge is -2.30. The fourth-order valence-electron chi connectivity index (χ4n) is 2.52. The Morgan fingerprint density at radius 1 is 1.35 bits per heavy atom. The molecule has 0 aliphatic carbocycles. The molecule has 0 bridgehead atoms. The maximum absolute atomic E-state index is 5.45. The Bertz CT molecular complexity index is 351. The van der Waals surface area contributed by atoms with Gasteiger partial charge in [0, 0.05) is 0 Å². The first-order valence-electron chi connectivity index (χ1n) is 6.21. The summed E-state index contributed by atoms with van der Waals surface area (Å²) in [7, 11) is 1.73. The molecular formula is C13H22N2O2+2. The van der Waals surface area contributed by atoms with Crippen molar-refractivity contribution < 1.29 is 20.1 Å². The summed E-state index contributed by atoms with van der Waals surface area (Å²) in [4.78, 5) is 1.55. The minimum atomic E-state index is 0.412. The summed E-state index contributed by atoms with van der Waals surface area (Å²) in [6, 6.07) is 8.67. The first kappa shape index (κ1) is 12.4. The zero-order valence-corrected chi connectivity index (χ0v) is 10.4. The molecule has 4 heteroatoms. The van der Waals surface area contributed by atoms with E-state index in [9.17, 15) is 0 Å². The van der Waals surface area contributed by atoms with E-state index in [2.05, 4.69) is 17.9 Å². The molecule has 1 saturated heterocycles. The van der Waals surface area contributed by atoms with Gasteiger partial charge in [-0.2, -0.15) is 0 Å². The first-order valence-corrected chi connectivity index (χ1v) is 6.21. The monoisotopic (exact) mass is 238 g/mol. The van der Waals surface area contributed by atoms with Crippen molar-refractivity contribution in [2.24, 2.45) is 0 Å².